The Bertz CT molecular complexity index is 673. The van der Waals surface area contributed by atoms with Crippen molar-refractivity contribution in [2.45, 2.75) is 33.2 Å². The molecule has 2 aromatic rings. The fraction of sp³-hybridized carbons (Fsp3) is 0.368. The van der Waals surface area contributed by atoms with Crippen LogP contribution in [0.2, 0.25) is 0 Å². The van der Waals surface area contributed by atoms with E-state index in [0.717, 1.165) is 35.6 Å². The van der Waals surface area contributed by atoms with Gasteiger partial charge in [0.2, 0.25) is 0 Å². The number of aromatic nitrogens is 1. The molecule has 0 aliphatic heterocycles. The molecule has 0 spiro atoms. The van der Waals surface area contributed by atoms with Gasteiger partial charge in [0.15, 0.2) is 5.96 Å². The third-order valence-corrected chi connectivity index (χ3v) is 4.43. The van der Waals surface area contributed by atoms with Crippen LogP contribution in [0, 0.1) is 6.92 Å². The predicted molar refractivity (Wildman–Crippen MR) is 120 cm³/mol. The van der Waals surface area contributed by atoms with Crippen LogP contribution in [0.5, 0.6) is 0 Å². The van der Waals surface area contributed by atoms with Gasteiger partial charge in [-0.2, -0.15) is 0 Å². The molecule has 1 atom stereocenters. The van der Waals surface area contributed by atoms with E-state index >= 15 is 0 Å². The number of hydrogen-bond donors (Lipinski definition) is 2. The summed E-state index contributed by atoms with van der Waals surface area (Å²) in [6.45, 7) is 7.77. The smallest absolute Gasteiger partial charge is 0.191 e. The van der Waals surface area contributed by atoms with Gasteiger partial charge in [-0.1, -0.05) is 40.2 Å². The molecule has 0 saturated heterocycles. The number of hydrogen-bond acceptors (Lipinski definition) is 2. The van der Waals surface area contributed by atoms with Crippen LogP contribution in [-0.2, 0) is 6.42 Å². The molecule has 1 aromatic carbocycles. The maximum atomic E-state index is 4.68. The average molecular weight is 517 g/mol. The predicted octanol–water partition coefficient (Wildman–Crippen LogP) is 4.63. The molecule has 0 fully saturated rings. The number of nitrogens with one attached hydrogen (secondary N) is 2. The van der Waals surface area contributed by atoms with E-state index in [4.69, 9.17) is 0 Å². The van der Waals surface area contributed by atoms with Crippen molar-refractivity contribution in [3.05, 3.63) is 63.9 Å². The molecule has 2 rings (SSSR count). The van der Waals surface area contributed by atoms with Gasteiger partial charge in [-0.15, -0.1) is 24.0 Å². The largest absolute Gasteiger partial charge is 0.357 e. The summed E-state index contributed by atoms with van der Waals surface area (Å²) in [5, 5.41) is 6.77. The summed E-state index contributed by atoms with van der Waals surface area (Å²) in [6.07, 6.45) is 2.81. The molecule has 0 radical (unpaired) electrons. The molecule has 0 aliphatic rings. The van der Waals surface area contributed by atoms with Crippen LogP contribution in [0.15, 0.2) is 52.1 Å². The molecule has 1 unspecified atom stereocenters. The molecule has 0 aliphatic carbocycles. The highest BCUT2D eigenvalue weighted by molar-refractivity contribution is 14.0. The fourth-order valence-corrected chi connectivity index (χ4v) is 3.00. The monoisotopic (exact) mass is 516 g/mol. The van der Waals surface area contributed by atoms with Crippen molar-refractivity contribution in [1.82, 2.24) is 15.6 Å². The molecule has 0 saturated carbocycles. The Balaban J connectivity index is 0.00000312. The van der Waals surface area contributed by atoms with Crippen molar-refractivity contribution < 1.29 is 0 Å². The molecular formula is C19H26BrIN4. The Labute approximate surface area is 176 Å². The van der Waals surface area contributed by atoms with Crippen LogP contribution in [0.1, 0.15) is 36.7 Å². The van der Waals surface area contributed by atoms with E-state index in [9.17, 15) is 0 Å². The summed E-state index contributed by atoms with van der Waals surface area (Å²) >= 11 is 3.61. The number of nitrogens with zero attached hydrogens (tertiary/aromatic N) is 2. The molecule has 136 valence electrons. The number of halogens is 2. The lowest BCUT2D eigenvalue weighted by molar-refractivity contribution is 0.683. The van der Waals surface area contributed by atoms with Gasteiger partial charge in [0.1, 0.15) is 0 Å². The molecular weight excluding hydrogens is 491 g/mol. The van der Waals surface area contributed by atoms with Crippen LogP contribution in [0.3, 0.4) is 0 Å². The highest BCUT2D eigenvalue weighted by atomic mass is 127. The third-order valence-electron chi connectivity index (χ3n) is 3.71. The Kier molecular flexibility index (Phi) is 10.0. The van der Waals surface area contributed by atoms with E-state index in [1.165, 1.54) is 11.1 Å². The second-order valence-electron chi connectivity index (χ2n) is 5.71. The van der Waals surface area contributed by atoms with E-state index in [1.807, 2.05) is 31.3 Å². The van der Waals surface area contributed by atoms with Crippen molar-refractivity contribution in [2.24, 2.45) is 4.99 Å². The first-order valence-corrected chi connectivity index (χ1v) is 9.10. The van der Waals surface area contributed by atoms with Crippen LogP contribution in [0.4, 0.5) is 0 Å². The van der Waals surface area contributed by atoms with E-state index in [0.29, 0.717) is 0 Å². The van der Waals surface area contributed by atoms with Gasteiger partial charge in [0, 0.05) is 29.5 Å². The topological polar surface area (TPSA) is 49.3 Å². The fourth-order valence-electron chi connectivity index (χ4n) is 2.37. The first-order chi connectivity index (χ1) is 11.6. The van der Waals surface area contributed by atoms with Gasteiger partial charge in [-0.05, 0) is 50.5 Å². The van der Waals surface area contributed by atoms with E-state index in [2.05, 4.69) is 68.6 Å². The van der Waals surface area contributed by atoms with Gasteiger partial charge in [0.25, 0.3) is 0 Å². The SMILES string of the molecule is CCNC(=NCCc1ccc(C)nc1)NC(C)c1ccccc1Br.I. The molecule has 6 heteroatoms. The standard InChI is InChI=1S/C19H25BrN4.HI/c1-4-21-19(22-12-11-16-10-9-14(2)23-13-16)24-15(3)17-7-5-6-8-18(17)20;/h5-10,13,15H,4,11-12H2,1-3H3,(H2,21,22,24);1H. The van der Waals surface area contributed by atoms with Gasteiger partial charge in [-0.3, -0.25) is 9.98 Å². The van der Waals surface area contributed by atoms with Gasteiger partial charge in [0.05, 0.1) is 6.04 Å². The van der Waals surface area contributed by atoms with Crippen molar-refractivity contribution in [3.8, 4) is 0 Å². The molecule has 0 bridgehead atoms. The van der Waals surface area contributed by atoms with Crippen molar-refractivity contribution in [1.29, 1.82) is 0 Å². The average Bonchev–Trinajstić information content (AvgIpc) is 2.57. The minimum Gasteiger partial charge on any atom is -0.357 e. The molecule has 2 N–H and O–H groups in total. The number of rotatable bonds is 6. The van der Waals surface area contributed by atoms with Gasteiger partial charge >= 0.3 is 0 Å². The number of aryl methyl sites for hydroxylation is 1. The number of pyridine rings is 1. The van der Waals surface area contributed by atoms with Crippen molar-refractivity contribution >= 4 is 45.9 Å². The Morgan fingerprint density at radius 1 is 1.24 bits per heavy atom. The van der Waals surface area contributed by atoms with Gasteiger partial charge < -0.3 is 10.6 Å². The second-order valence-corrected chi connectivity index (χ2v) is 6.56. The lowest BCUT2D eigenvalue weighted by atomic mass is 10.1. The lowest BCUT2D eigenvalue weighted by Crippen LogP contribution is -2.39. The minimum absolute atomic E-state index is 0. The zero-order valence-electron chi connectivity index (χ0n) is 14.9. The molecule has 0 amide bonds. The Hall–Kier alpha value is -1.15. The Morgan fingerprint density at radius 3 is 2.64 bits per heavy atom. The van der Waals surface area contributed by atoms with E-state index in [1.54, 1.807) is 0 Å². The maximum absolute atomic E-state index is 4.68. The number of benzene rings is 1. The molecule has 25 heavy (non-hydrogen) atoms. The Morgan fingerprint density at radius 2 is 2.00 bits per heavy atom. The zero-order chi connectivity index (χ0) is 17.4. The van der Waals surface area contributed by atoms with Crippen LogP contribution in [-0.4, -0.2) is 24.0 Å². The summed E-state index contributed by atoms with van der Waals surface area (Å²) in [5.74, 6) is 0.834. The second kappa shape index (κ2) is 11.5. The third kappa shape index (κ3) is 7.32. The van der Waals surface area contributed by atoms with E-state index in [-0.39, 0.29) is 30.0 Å². The number of guanidine groups is 1. The highest BCUT2D eigenvalue weighted by Gasteiger charge is 2.10. The van der Waals surface area contributed by atoms with Crippen LogP contribution in [0.25, 0.3) is 0 Å². The molecule has 1 aromatic heterocycles. The first-order valence-electron chi connectivity index (χ1n) is 8.31. The van der Waals surface area contributed by atoms with Crippen molar-refractivity contribution in [3.63, 3.8) is 0 Å². The van der Waals surface area contributed by atoms with E-state index < -0.39 is 0 Å². The summed E-state index contributed by atoms with van der Waals surface area (Å²) < 4.78 is 1.10. The van der Waals surface area contributed by atoms with Crippen molar-refractivity contribution in [2.75, 3.05) is 13.1 Å². The zero-order valence-corrected chi connectivity index (χ0v) is 18.8. The highest BCUT2D eigenvalue weighted by Crippen LogP contribution is 2.22. The summed E-state index contributed by atoms with van der Waals surface area (Å²) in [4.78, 5) is 9.00. The normalized spacial score (nSPS) is 12.2. The summed E-state index contributed by atoms with van der Waals surface area (Å²) in [6, 6.07) is 12.6. The first kappa shape index (κ1) is 21.9. The van der Waals surface area contributed by atoms with Gasteiger partial charge in [-0.25, -0.2) is 0 Å². The molecule has 1 heterocycles. The molecule has 4 nitrogen and oxygen atoms in total. The summed E-state index contributed by atoms with van der Waals surface area (Å²) in [5.41, 5.74) is 3.46. The summed E-state index contributed by atoms with van der Waals surface area (Å²) in [7, 11) is 0. The van der Waals surface area contributed by atoms with Crippen LogP contribution < -0.4 is 10.6 Å². The quantitative estimate of drug-likeness (QED) is 0.334. The number of aliphatic imine (C=N–C) groups is 1. The minimum atomic E-state index is 0. The van der Waals surface area contributed by atoms with Crippen LogP contribution >= 0.6 is 39.9 Å². The maximum Gasteiger partial charge on any atom is 0.191 e. The lowest BCUT2D eigenvalue weighted by Gasteiger charge is -2.19.